The van der Waals surface area contributed by atoms with E-state index in [1.54, 1.807) is 18.2 Å². The van der Waals surface area contributed by atoms with Crippen LogP contribution >= 0.6 is 0 Å². The number of hydrogen-bond donors (Lipinski definition) is 1. The number of fused-ring (bicyclic) bond motifs is 1. The number of carbonyl (C=O) groups is 3. The highest BCUT2D eigenvalue weighted by atomic mass is 16.5. The summed E-state index contributed by atoms with van der Waals surface area (Å²) in [7, 11) is 1.28. The van der Waals surface area contributed by atoms with Crippen LogP contribution in [-0.4, -0.2) is 24.8 Å². The third-order valence-corrected chi connectivity index (χ3v) is 2.36. The van der Waals surface area contributed by atoms with Crippen molar-refractivity contribution in [3.05, 3.63) is 35.4 Å². The topological polar surface area (TPSA) is 72.5 Å². The number of Topliss-reactive ketones (excluding diaryl/α,β-unsaturated/α-hetero) is 1. The van der Waals surface area contributed by atoms with Gasteiger partial charge in [0.2, 0.25) is 0 Å². The zero-order valence-electron chi connectivity index (χ0n) is 9.02. The largest absolute Gasteiger partial charge is 0.466 e. The Labute approximate surface area is 97.1 Å². The summed E-state index contributed by atoms with van der Waals surface area (Å²) in [4.78, 5) is 33.4. The lowest BCUT2D eigenvalue weighted by Gasteiger charge is -1.98. The molecule has 1 heterocycles. The van der Waals surface area contributed by atoms with Crippen LogP contribution in [-0.2, 0) is 14.3 Å². The molecular formula is C12H9NO4. The van der Waals surface area contributed by atoms with E-state index < -0.39 is 17.7 Å². The van der Waals surface area contributed by atoms with Crippen LogP contribution < -0.4 is 5.32 Å². The second-order valence-corrected chi connectivity index (χ2v) is 3.44. The number of esters is 1. The van der Waals surface area contributed by atoms with Crippen LogP contribution in [0.1, 0.15) is 15.9 Å². The second-order valence-electron chi connectivity index (χ2n) is 3.44. The lowest BCUT2D eigenvalue weighted by atomic mass is 10.1. The first-order valence-corrected chi connectivity index (χ1v) is 4.87. The van der Waals surface area contributed by atoms with Crippen LogP contribution in [0.15, 0.2) is 24.3 Å². The summed E-state index contributed by atoms with van der Waals surface area (Å²) in [6, 6.07) is 4.86. The minimum Gasteiger partial charge on any atom is -0.466 e. The molecule has 1 aromatic rings. The third-order valence-electron chi connectivity index (χ3n) is 2.36. The molecule has 0 radical (unpaired) electrons. The van der Waals surface area contributed by atoms with Gasteiger partial charge in [0.05, 0.1) is 18.4 Å². The first-order valence-electron chi connectivity index (χ1n) is 4.87. The number of carbonyl (C=O) groups excluding carboxylic acids is 3. The van der Waals surface area contributed by atoms with Gasteiger partial charge in [-0.3, -0.25) is 9.59 Å². The van der Waals surface area contributed by atoms with Crippen molar-refractivity contribution in [1.29, 1.82) is 0 Å². The quantitative estimate of drug-likeness (QED) is 0.468. The van der Waals surface area contributed by atoms with Crippen molar-refractivity contribution >= 4 is 29.4 Å². The van der Waals surface area contributed by atoms with Crippen LogP contribution in [0.5, 0.6) is 0 Å². The number of anilines is 1. The van der Waals surface area contributed by atoms with Crippen LogP contribution in [0.3, 0.4) is 0 Å². The summed E-state index contributed by atoms with van der Waals surface area (Å²) >= 11 is 0. The predicted molar refractivity (Wildman–Crippen MR) is 60.5 cm³/mol. The zero-order valence-corrected chi connectivity index (χ0v) is 9.02. The fourth-order valence-electron chi connectivity index (χ4n) is 1.50. The summed E-state index contributed by atoms with van der Waals surface area (Å²) in [6.07, 6.45) is 2.76. The maximum Gasteiger partial charge on any atom is 0.330 e. The Morgan fingerprint density at radius 2 is 2.12 bits per heavy atom. The number of amides is 1. The highest BCUT2D eigenvalue weighted by Crippen LogP contribution is 2.24. The molecule has 86 valence electrons. The van der Waals surface area contributed by atoms with Crippen LogP contribution in [0.4, 0.5) is 5.69 Å². The Balaban J connectivity index is 2.30. The maximum absolute atomic E-state index is 11.4. The van der Waals surface area contributed by atoms with Crippen LogP contribution in [0, 0.1) is 0 Å². The Morgan fingerprint density at radius 3 is 2.82 bits per heavy atom. The molecule has 5 heteroatoms. The van der Waals surface area contributed by atoms with Gasteiger partial charge in [0, 0.05) is 6.08 Å². The average Bonchev–Trinajstić information content (AvgIpc) is 2.62. The van der Waals surface area contributed by atoms with E-state index in [-0.39, 0.29) is 0 Å². The Hall–Kier alpha value is -2.43. The Kier molecular flexibility index (Phi) is 2.74. The van der Waals surface area contributed by atoms with Crippen molar-refractivity contribution in [3.8, 4) is 0 Å². The fourth-order valence-corrected chi connectivity index (χ4v) is 1.50. The average molecular weight is 231 g/mol. The molecule has 0 aliphatic carbocycles. The first kappa shape index (κ1) is 11.1. The summed E-state index contributed by atoms with van der Waals surface area (Å²) in [5.41, 5.74) is 1.47. The minimum atomic E-state index is -0.630. The molecule has 1 aromatic carbocycles. The van der Waals surface area contributed by atoms with E-state index in [4.69, 9.17) is 0 Å². The maximum atomic E-state index is 11.4. The molecule has 5 nitrogen and oxygen atoms in total. The van der Waals surface area contributed by atoms with Gasteiger partial charge in [0.15, 0.2) is 0 Å². The monoisotopic (exact) mass is 231 g/mol. The normalized spacial score (nSPS) is 13.7. The molecule has 17 heavy (non-hydrogen) atoms. The lowest BCUT2D eigenvalue weighted by molar-refractivity contribution is -0.134. The van der Waals surface area contributed by atoms with Crippen molar-refractivity contribution < 1.29 is 19.1 Å². The zero-order chi connectivity index (χ0) is 12.4. The number of benzene rings is 1. The highest BCUT2D eigenvalue weighted by Gasteiger charge is 2.27. The van der Waals surface area contributed by atoms with Gasteiger partial charge < -0.3 is 10.1 Å². The first-order chi connectivity index (χ1) is 8.11. The van der Waals surface area contributed by atoms with Crippen LogP contribution in [0.2, 0.25) is 0 Å². The molecule has 0 unspecified atom stereocenters. The molecule has 2 rings (SSSR count). The number of ketones is 1. The summed E-state index contributed by atoms with van der Waals surface area (Å²) in [5, 5.41) is 2.45. The van der Waals surface area contributed by atoms with E-state index in [1.165, 1.54) is 19.3 Å². The van der Waals surface area contributed by atoms with Crippen LogP contribution in [0.25, 0.3) is 6.08 Å². The van der Waals surface area contributed by atoms with Gasteiger partial charge in [0.25, 0.3) is 11.7 Å². The lowest BCUT2D eigenvalue weighted by Crippen LogP contribution is -2.12. The molecule has 0 atom stereocenters. The van der Waals surface area contributed by atoms with Gasteiger partial charge in [0.1, 0.15) is 0 Å². The van der Waals surface area contributed by atoms with E-state index in [2.05, 4.69) is 10.1 Å². The smallest absolute Gasteiger partial charge is 0.330 e. The summed E-state index contributed by atoms with van der Waals surface area (Å²) < 4.78 is 4.44. The molecule has 0 saturated heterocycles. The number of hydrogen-bond acceptors (Lipinski definition) is 4. The molecule has 0 fully saturated rings. The molecule has 1 aliphatic rings. The van der Waals surface area contributed by atoms with Gasteiger partial charge in [-0.15, -0.1) is 0 Å². The van der Waals surface area contributed by atoms with Crippen molar-refractivity contribution in [2.45, 2.75) is 0 Å². The molecule has 1 amide bonds. The molecule has 1 N–H and O–H groups in total. The third kappa shape index (κ3) is 2.08. The Morgan fingerprint density at radius 1 is 1.35 bits per heavy atom. The molecule has 0 saturated carbocycles. The summed E-state index contributed by atoms with van der Waals surface area (Å²) in [6.45, 7) is 0. The fraction of sp³-hybridized carbons (Fsp3) is 0.0833. The van der Waals surface area contributed by atoms with E-state index >= 15 is 0 Å². The Bertz CT molecular complexity index is 545. The number of ether oxygens (including phenoxy) is 1. The van der Waals surface area contributed by atoms with Crippen molar-refractivity contribution in [3.63, 3.8) is 0 Å². The van der Waals surface area contributed by atoms with E-state index in [0.29, 0.717) is 16.8 Å². The van der Waals surface area contributed by atoms with Gasteiger partial charge in [-0.1, -0.05) is 6.07 Å². The van der Waals surface area contributed by atoms with Gasteiger partial charge in [-0.2, -0.15) is 0 Å². The SMILES string of the molecule is COC(=O)/C=C/c1ccc2c(c1)C(=O)C(=O)N2. The standard InChI is InChI=1S/C12H9NO4/c1-17-10(14)5-3-7-2-4-9-8(6-7)11(15)12(16)13-9/h2-6H,1H3,(H,13,15,16)/b5-3+. The molecule has 1 aliphatic heterocycles. The van der Waals surface area contributed by atoms with Gasteiger partial charge in [-0.25, -0.2) is 4.79 Å². The number of nitrogens with one attached hydrogen (secondary N) is 1. The van der Waals surface area contributed by atoms with Crippen molar-refractivity contribution in [2.24, 2.45) is 0 Å². The van der Waals surface area contributed by atoms with E-state index in [1.807, 2.05) is 0 Å². The van der Waals surface area contributed by atoms with Crippen molar-refractivity contribution in [1.82, 2.24) is 0 Å². The predicted octanol–water partition coefficient (Wildman–Crippen LogP) is 1.01. The minimum absolute atomic E-state index is 0.321. The molecular weight excluding hydrogens is 222 g/mol. The van der Waals surface area contributed by atoms with Gasteiger partial charge in [-0.05, 0) is 23.8 Å². The second kappa shape index (κ2) is 4.21. The van der Waals surface area contributed by atoms with E-state index in [0.717, 1.165) is 0 Å². The van der Waals surface area contributed by atoms with Crippen molar-refractivity contribution in [2.75, 3.05) is 12.4 Å². The molecule has 0 aromatic heterocycles. The van der Waals surface area contributed by atoms with E-state index in [9.17, 15) is 14.4 Å². The molecule has 0 bridgehead atoms. The highest BCUT2D eigenvalue weighted by molar-refractivity contribution is 6.51. The number of methoxy groups -OCH3 is 1. The summed E-state index contributed by atoms with van der Waals surface area (Å²) in [5.74, 6) is -1.67. The van der Waals surface area contributed by atoms with Gasteiger partial charge >= 0.3 is 5.97 Å². The number of rotatable bonds is 2. The molecule has 0 spiro atoms.